The van der Waals surface area contributed by atoms with E-state index in [1.165, 1.54) is 16.8 Å². The number of rotatable bonds is 5. The molecule has 1 amide bonds. The van der Waals surface area contributed by atoms with Crippen LogP contribution in [0.3, 0.4) is 0 Å². The molecule has 0 saturated carbocycles. The monoisotopic (exact) mass is 558 g/mol. The maximum Gasteiger partial charge on any atom is 0.262 e. The lowest BCUT2D eigenvalue weighted by atomic mass is 9.97. The molecule has 0 spiro atoms. The molecule has 6 aromatic rings. The number of benzene rings is 2. The van der Waals surface area contributed by atoms with Crippen molar-refractivity contribution in [1.82, 2.24) is 35.3 Å². The summed E-state index contributed by atoms with van der Waals surface area (Å²) in [7, 11) is 0. The fourth-order valence-corrected chi connectivity index (χ4v) is 5.75. The van der Waals surface area contributed by atoms with E-state index in [1.807, 2.05) is 31.3 Å². The second-order valence-electron chi connectivity index (χ2n) is 10.5. The maximum absolute atomic E-state index is 15.8. The lowest BCUT2D eigenvalue weighted by Gasteiger charge is -2.35. The van der Waals surface area contributed by atoms with Gasteiger partial charge < -0.3 is 5.32 Å². The van der Waals surface area contributed by atoms with Gasteiger partial charge in [0.25, 0.3) is 5.91 Å². The standard InChI is InChI=1S/C32H27FN8O/c1-20-15-23(22-5-2-11-34-18-22)16-21-10-14-37-31(29(20)21)40(25-6-3-12-35-19-25)32(42)26-9-8-24(17-27(26)33)41-30-28(38-39-41)7-4-13-36-30/h2,4-5,7-11,13-18,25,35H,3,6,12,19H2,1H3/t25-/m1/s1. The van der Waals surface area contributed by atoms with Gasteiger partial charge in [-0.2, -0.15) is 4.68 Å². The van der Waals surface area contributed by atoms with Crippen molar-refractivity contribution in [2.45, 2.75) is 25.8 Å². The first-order valence-corrected chi connectivity index (χ1v) is 13.9. The number of piperidine rings is 1. The number of amides is 1. The summed E-state index contributed by atoms with van der Waals surface area (Å²) in [4.78, 5) is 29.3. The number of hydrogen-bond donors (Lipinski definition) is 1. The number of hydrogen-bond acceptors (Lipinski definition) is 7. The lowest BCUT2D eigenvalue weighted by Crippen LogP contribution is -2.49. The van der Waals surface area contributed by atoms with Crippen molar-refractivity contribution < 1.29 is 9.18 Å². The summed E-state index contributed by atoms with van der Waals surface area (Å²) in [6.45, 7) is 3.48. The van der Waals surface area contributed by atoms with E-state index in [0.717, 1.165) is 46.8 Å². The molecular weight excluding hydrogens is 531 g/mol. The number of pyridine rings is 3. The van der Waals surface area contributed by atoms with Gasteiger partial charge in [0.05, 0.1) is 17.3 Å². The fourth-order valence-electron chi connectivity index (χ4n) is 5.75. The minimum absolute atomic E-state index is 0.0369. The van der Waals surface area contributed by atoms with E-state index < -0.39 is 11.7 Å². The zero-order chi connectivity index (χ0) is 28.6. The molecule has 208 valence electrons. The molecule has 0 unspecified atom stereocenters. The molecule has 9 nitrogen and oxygen atoms in total. The van der Waals surface area contributed by atoms with Crippen LogP contribution >= 0.6 is 0 Å². The first-order valence-electron chi connectivity index (χ1n) is 13.9. The highest BCUT2D eigenvalue weighted by atomic mass is 19.1. The third-order valence-corrected chi connectivity index (χ3v) is 7.75. The number of carbonyl (C=O) groups is 1. The lowest BCUT2D eigenvalue weighted by molar-refractivity contribution is 0.0968. The number of halogens is 1. The van der Waals surface area contributed by atoms with Crippen LogP contribution in [-0.2, 0) is 0 Å². The topological polar surface area (TPSA) is 102 Å². The van der Waals surface area contributed by atoms with E-state index in [0.29, 0.717) is 29.2 Å². The van der Waals surface area contributed by atoms with Gasteiger partial charge in [-0.1, -0.05) is 17.3 Å². The highest BCUT2D eigenvalue weighted by Gasteiger charge is 2.32. The van der Waals surface area contributed by atoms with Crippen molar-refractivity contribution >= 4 is 33.7 Å². The number of aryl methyl sites for hydroxylation is 1. The molecule has 0 bridgehead atoms. The van der Waals surface area contributed by atoms with Crippen molar-refractivity contribution in [2.24, 2.45) is 0 Å². The fraction of sp³-hybridized carbons (Fsp3) is 0.188. The average molecular weight is 559 g/mol. The Bertz CT molecular complexity index is 1930. The van der Waals surface area contributed by atoms with Crippen LogP contribution in [0.15, 0.2) is 85.5 Å². The molecule has 2 aromatic carbocycles. The molecule has 1 atom stereocenters. The Labute approximate surface area is 241 Å². The Balaban J connectivity index is 1.32. The molecule has 0 aliphatic carbocycles. The SMILES string of the molecule is Cc1cc(-c2cccnc2)cc2ccnc(N(C(=O)c3ccc(-n4nnc5cccnc54)cc3F)[C@@H]3CCCNC3)c12. The minimum Gasteiger partial charge on any atom is -0.315 e. The maximum atomic E-state index is 15.8. The summed E-state index contributed by atoms with van der Waals surface area (Å²) in [5, 5.41) is 13.4. The predicted octanol–water partition coefficient (Wildman–Crippen LogP) is 5.27. The van der Waals surface area contributed by atoms with E-state index in [2.05, 4.69) is 37.7 Å². The van der Waals surface area contributed by atoms with E-state index in [4.69, 9.17) is 4.98 Å². The van der Waals surface area contributed by atoms with E-state index in [-0.39, 0.29) is 11.6 Å². The molecule has 5 heterocycles. The number of anilines is 1. The smallest absolute Gasteiger partial charge is 0.262 e. The Hall–Kier alpha value is -5.09. The van der Waals surface area contributed by atoms with Crippen LogP contribution < -0.4 is 10.2 Å². The second kappa shape index (κ2) is 10.7. The third-order valence-electron chi connectivity index (χ3n) is 7.75. The minimum atomic E-state index is -0.651. The first-order chi connectivity index (χ1) is 20.6. The van der Waals surface area contributed by atoms with Gasteiger partial charge in [0.1, 0.15) is 17.2 Å². The molecule has 1 aliphatic rings. The van der Waals surface area contributed by atoms with Crippen LogP contribution in [0.1, 0.15) is 28.8 Å². The van der Waals surface area contributed by atoms with Gasteiger partial charge in [-0.25, -0.2) is 14.4 Å². The number of nitrogens with zero attached hydrogens (tertiary/aromatic N) is 7. The van der Waals surface area contributed by atoms with Gasteiger partial charge in [0.2, 0.25) is 0 Å². The van der Waals surface area contributed by atoms with Gasteiger partial charge in [-0.05, 0) is 85.3 Å². The summed E-state index contributed by atoms with van der Waals surface area (Å²) >= 11 is 0. The molecule has 0 radical (unpaired) electrons. The largest absolute Gasteiger partial charge is 0.315 e. The molecule has 7 rings (SSSR count). The third kappa shape index (κ3) is 4.55. The van der Waals surface area contributed by atoms with Crippen molar-refractivity contribution in [3.05, 3.63) is 102 Å². The summed E-state index contributed by atoms with van der Waals surface area (Å²) in [6.07, 6.45) is 8.60. The number of fused-ring (bicyclic) bond motifs is 2. The van der Waals surface area contributed by atoms with Crippen LogP contribution in [0.25, 0.3) is 38.8 Å². The van der Waals surface area contributed by atoms with Gasteiger partial charge >= 0.3 is 0 Å². The molecule has 10 heteroatoms. The van der Waals surface area contributed by atoms with Gasteiger partial charge in [-0.3, -0.25) is 14.7 Å². The summed E-state index contributed by atoms with van der Waals surface area (Å²) in [5.41, 5.74) is 4.49. The summed E-state index contributed by atoms with van der Waals surface area (Å²) in [6, 6.07) is 17.9. The quantitative estimate of drug-likeness (QED) is 0.308. The van der Waals surface area contributed by atoms with Crippen molar-refractivity contribution in [3.63, 3.8) is 0 Å². The van der Waals surface area contributed by atoms with Crippen molar-refractivity contribution in [1.29, 1.82) is 0 Å². The van der Waals surface area contributed by atoms with Gasteiger partial charge in [0, 0.05) is 48.3 Å². The van der Waals surface area contributed by atoms with Crippen LogP contribution in [-0.4, -0.2) is 55.0 Å². The highest BCUT2D eigenvalue weighted by molar-refractivity contribution is 6.11. The normalized spacial score (nSPS) is 15.2. The molecule has 1 saturated heterocycles. The predicted molar refractivity (Wildman–Crippen MR) is 159 cm³/mol. The Kier molecular flexibility index (Phi) is 6.59. The molecule has 1 N–H and O–H groups in total. The highest BCUT2D eigenvalue weighted by Crippen LogP contribution is 2.35. The molecule has 1 fully saturated rings. The van der Waals surface area contributed by atoms with Crippen LogP contribution in [0.2, 0.25) is 0 Å². The van der Waals surface area contributed by atoms with Crippen LogP contribution in [0.5, 0.6) is 0 Å². The molecule has 1 aliphatic heterocycles. The van der Waals surface area contributed by atoms with Gasteiger partial charge in [0.15, 0.2) is 5.65 Å². The number of carbonyl (C=O) groups excluding carboxylic acids is 1. The Morgan fingerprint density at radius 1 is 1.02 bits per heavy atom. The molecule has 42 heavy (non-hydrogen) atoms. The van der Waals surface area contributed by atoms with Crippen LogP contribution in [0, 0.1) is 12.7 Å². The van der Waals surface area contributed by atoms with Crippen LogP contribution in [0.4, 0.5) is 10.2 Å². The van der Waals surface area contributed by atoms with Gasteiger partial charge in [-0.15, -0.1) is 5.10 Å². The van der Waals surface area contributed by atoms with E-state index in [9.17, 15) is 4.79 Å². The summed E-state index contributed by atoms with van der Waals surface area (Å²) < 4.78 is 17.3. The van der Waals surface area contributed by atoms with Crippen molar-refractivity contribution in [3.8, 4) is 16.8 Å². The number of aromatic nitrogens is 6. The zero-order valence-corrected chi connectivity index (χ0v) is 22.9. The molecular formula is C32H27FN8O. The summed E-state index contributed by atoms with van der Waals surface area (Å²) in [5.74, 6) is -0.567. The Morgan fingerprint density at radius 2 is 1.93 bits per heavy atom. The number of nitrogens with one attached hydrogen (secondary N) is 1. The Morgan fingerprint density at radius 3 is 2.74 bits per heavy atom. The van der Waals surface area contributed by atoms with E-state index >= 15 is 4.39 Å². The zero-order valence-electron chi connectivity index (χ0n) is 22.9. The van der Waals surface area contributed by atoms with Crippen molar-refractivity contribution in [2.75, 3.05) is 18.0 Å². The second-order valence-corrected chi connectivity index (χ2v) is 10.5. The van der Waals surface area contributed by atoms with E-state index in [1.54, 1.807) is 41.7 Å². The average Bonchev–Trinajstić information content (AvgIpc) is 3.46. The molecule has 4 aromatic heterocycles. The first kappa shape index (κ1) is 25.8.